The predicted octanol–water partition coefficient (Wildman–Crippen LogP) is 3.41. The molecule has 1 aromatic rings. The lowest BCUT2D eigenvalue weighted by Crippen LogP contribution is -2.54. The Morgan fingerprint density at radius 3 is 2.52 bits per heavy atom. The SMILES string of the molecule is O=C1OC(CNC(=O)C23CC4CC(CC(C4)C2)C3)CN1c1cccs1. The van der Waals surface area contributed by atoms with Gasteiger partial charge in [0.15, 0.2) is 0 Å². The van der Waals surface area contributed by atoms with Crippen LogP contribution in [-0.2, 0) is 9.53 Å². The van der Waals surface area contributed by atoms with Crippen molar-refractivity contribution in [2.75, 3.05) is 18.0 Å². The Hall–Kier alpha value is -1.56. The van der Waals surface area contributed by atoms with Crippen molar-refractivity contribution in [3.05, 3.63) is 17.5 Å². The summed E-state index contributed by atoms with van der Waals surface area (Å²) in [5.41, 5.74) is -0.134. The lowest BCUT2D eigenvalue weighted by Gasteiger charge is -2.55. The largest absolute Gasteiger partial charge is 0.442 e. The Labute approximate surface area is 151 Å². The highest BCUT2D eigenvalue weighted by Gasteiger charge is 2.54. The smallest absolute Gasteiger partial charge is 0.415 e. The number of nitrogens with one attached hydrogen (secondary N) is 1. The number of ether oxygens (including phenoxy) is 1. The first-order valence-electron chi connectivity index (χ1n) is 9.41. The number of amides is 2. The molecule has 134 valence electrons. The third kappa shape index (κ3) is 2.65. The first-order valence-corrected chi connectivity index (χ1v) is 10.3. The van der Waals surface area contributed by atoms with Crippen LogP contribution in [0.1, 0.15) is 38.5 Å². The lowest BCUT2D eigenvalue weighted by molar-refractivity contribution is -0.146. The number of nitrogens with zero attached hydrogens (tertiary/aromatic N) is 1. The van der Waals surface area contributed by atoms with E-state index in [1.165, 1.54) is 30.6 Å². The van der Waals surface area contributed by atoms with Crippen LogP contribution in [0.4, 0.5) is 9.80 Å². The van der Waals surface area contributed by atoms with E-state index in [0.29, 0.717) is 13.1 Å². The highest BCUT2D eigenvalue weighted by Crippen LogP contribution is 2.60. The first kappa shape index (κ1) is 15.7. The van der Waals surface area contributed by atoms with E-state index in [1.807, 2.05) is 17.5 Å². The summed E-state index contributed by atoms with van der Waals surface area (Å²) in [5.74, 6) is 2.49. The molecule has 1 unspecified atom stereocenters. The van der Waals surface area contributed by atoms with Crippen LogP contribution in [0.15, 0.2) is 17.5 Å². The third-order valence-corrected chi connectivity index (χ3v) is 7.55. The molecular formula is C19H24N2O3S. The summed E-state index contributed by atoms with van der Waals surface area (Å²) in [4.78, 5) is 26.7. The van der Waals surface area contributed by atoms with Crippen molar-refractivity contribution in [1.29, 1.82) is 0 Å². The van der Waals surface area contributed by atoms with Crippen molar-refractivity contribution in [2.45, 2.75) is 44.6 Å². The molecule has 6 rings (SSSR count). The number of carbonyl (C=O) groups is 2. The molecule has 2 amide bonds. The standard InChI is InChI=1S/C19H24N2O3S/c22-17(19-7-12-4-13(8-19)6-14(5-12)9-19)20-10-15-11-21(18(23)24-15)16-2-1-3-25-16/h1-3,12-15H,4-11H2,(H,20,22). The maximum atomic E-state index is 13.0. The van der Waals surface area contributed by atoms with Crippen molar-refractivity contribution in [3.63, 3.8) is 0 Å². The second kappa shape index (κ2) is 5.73. The Balaban J connectivity index is 1.21. The summed E-state index contributed by atoms with van der Waals surface area (Å²) < 4.78 is 5.45. The van der Waals surface area contributed by atoms with Crippen molar-refractivity contribution in [2.24, 2.45) is 23.2 Å². The fraction of sp³-hybridized carbons (Fsp3) is 0.684. The number of cyclic esters (lactones) is 1. The van der Waals surface area contributed by atoms with Crippen LogP contribution in [-0.4, -0.2) is 31.2 Å². The Morgan fingerprint density at radius 2 is 1.92 bits per heavy atom. The van der Waals surface area contributed by atoms with Crippen LogP contribution in [0.25, 0.3) is 0 Å². The van der Waals surface area contributed by atoms with E-state index < -0.39 is 0 Å². The van der Waals surface area contributed by atoms with Crippen molar-refractivity contribution < 1.29 is 14.3 Å². The molecule has 4 bridgehead atoms. The van der Waals surface area contributed by atoms with Crippen LogP contribution < -0.4 is 10.2 Å². The summed E-state index contributed by atoms with van der Waals surface area (Å²) in [6.45, 7) is 0.939. The Bertz CT molecular complexity index is 652. The predicted molar refractivity (Wildman–Crippen MR) is 95.5 cm³/mol. The van der Waals surface area contributed by atoms with Gasteiger partial charge < -0.3 is 10.1 Å². The zero-order chi connectivity index (χ0) is 17.0. The minimum absolute atomic E-state index is 0.134. The number of carbonyl (C=O) groups excluding carboxylic acids is 2. The zero-order valence-corrected chi connectivity index (χ0v) is 15.1. The molecule has 5 aliphatic rings. The van der Waals surface area contributed by atoms with Gasteiger partial charge in [0.05, 0.1) is 13.1 Å². The molecular weight excluding hydrogens is 336 g/mol. The van der Waals surface area contributed by atoms with Gasteiger partial charge >= 0.3 is 6.09 Å². The minimum Gasteiger partial charge on any atom is -0.442 e. The van der Waals surface area contributed by atoms with Crippen molar-refractivity contribution in [1.82, 2.24) is 5.32 Å². The van der Waals surface area contributed by atoms with Gasteiger partial charge in [-0.3, -0.25) is 9.69 Å². The quantitative estimate of drug-likeness (QED) is 0.895. The van der Waals surface area contributed by atoms with Crippen molar-refractivity contribution >= 4 is 28.3 Å². The molecule has 5 nitrogen and oxygen atoms in total. The summed E-state index contributed by atoms with van der Waals surface area (Å²) in [6, 6.07) is 3.84. The van der Waals surface area contributed by atoms with E-state index in [0.717, 1.165) is 42.0 Å². The maximum Gasteiger partial charge on any atom is 0.415 e. The Morgan fingerprint density at radius 1 is 1.24 bits per heavy atom. The third-order valence-electron chi connectivity index (χ3n) is 6.66. The summed E-state index contributed by atoms with van der Waals surface area (Å²) in [6.07, 6.45) is 6.64. The molecule has 5 fully saturated rings. The molecule has 2 heterocycles. The fourth-order valence-corrected chi connectivity index (χ4v) is 6.74. The van der Waals surface area contributed by atoms with Gasteiger partial charge in [0, 0.05) is 5.41 Å². The molecule has 0 spiro atoms. The molecule has 4 saturated carbocycles. The van der Waals surface area contributed by atoms with Gasteiger partial charge in [0.25, 0.3) is 0 Å². The molecule has 1 aliphatic heterocycles. The fourth-order valence-electron chi connectivity index (χ4n) is 6.01. The average molecular weight is 360 g/mol. The molecule has 1 aromatic heterocycles. The van der Waals surface area contributed by atoms with E-state index in [4.69, 9.17) is 4.74 Å². The topological polar surface area (TPSA) is 58.6 Å². The summed E-state index contributed by atoms with van der Waals surface area (Å²) in [7, 11) is 0. The van der Waals surface area contributed by atoms with Gasteiger partial charge in [0.2, 0.25) is 5.91 Å². The zero-order valence-electron chi connectivity index (χ0n) is 14.3. The second-order valence-electron chi connectivity index (χ2n) is 8.48. The number of thiophene rings is 1. The van der Waals surface area contributed by atoms with Gasteiger partial charge in [-0.05, 0) is 73.8 Å². The highest BCUT2D eigenvalue weighted by atomic mass is 32.1. The number of hydrogen-bond acceptors (Lipinski definition) is 4. The molecule has 1 saturated heterocycles. The molecule has 0 aromatic carbocycles. The van der Waals surface area contributed by atoms with Gasteiger partial charge in [-0.1, -0.05) is 0 Å². The van der Waals surface area contributed by atoms with E-state index in [-0.39, 0.29) is 23.5 Å². The Kier molecular flexibility index (Phi) is 3.59. The van der Waals surface area contributed by atoms with E-state index in [1.54, 1.807) is 4.90 Å². The van der Waals surface area contributed by atoms with Crippen molar-refractivity contribution in [3.8, 4) is 0 Å². The van der Waals surface area contributed by atoms with Crippen LogP contribution in [0.2, 0.25) is 0 Å². The normalized spacial score (nSPS) is 38.9. The average Bonchev–Trinajstić information content (AvgIpc) is 3.20. The van der Waals surface area contributed by atoms with Crippen LogP contribution in [0.3, 0.4) is 0 Å². The number of hydrogen-bond donors (Lipinski definition) is 1. The molecule has 0 radical (unpaired) electrons. The molecule has 25 heavy (non-hydrogen) atoms. The maximum absolute atomic E-state index is 13.0. The van der Waals surface area contributed by atoms with Gasteiger partial charge in [-0.2, -0.15) is 0 Å². The number of anilines is 1. The van der Waals surface area contributed by atoms with Gasteiger partial charge in [0.1, 0.15) is 11.1 Å². The van der Waals surface area contributed by atoms with Gasteiger partial charge in [-0.15, -0.1) is 11.3 Å². The van der Waals surface area contributed by atoms with E-state index >= 15 is 0 Å². The molecule has 1 atom stereocenters. The van der Waals surface area contributed by atoms with Gasteiger partial charge in [-0.25, -0.2) is 4.79 Å². The molecule has 4 aliphatic carbocycles. The number of rotatable bonds is 4. The monoisotopic (exact) mass is 360 g/mol. The second-order valence-corrected chi connectivity index (χ2v) is 9.40. The minimum atomic E-state index is -0.309. The molecule has 1 N–H and O–H groups in total. The van der Waals surface area contributed by atoms with Crippen LogP contribution in [0.5, 0.6) is 0 Å². The molecule has 6 heteroatoms. The van der Waals surface area contributed by atoms with E-state index in [9.17, 15) is 9.59 Å². The summed E-state index contributed by atoms with van der Waals surface area (Å²) >= 11 is 1.53. The summed E-state index contributed by atoms with van der Waals surface area (Å²) in [5, 5.41) is 5.98. The highest BCUT2D eigenvalue weighted by molar-refractivity contribution is 7.14. The van der Waals surface area contributed by atoms with Crippen LogP contribution >= 0.6 is 11.3 Å². The van der Waals surface area contributed by atoms with E-state index in [2.05, 4.69) is 5.32 Å². The lowest BCUT2D eigenvalue weighted by atomic mass is 9.49. The van der Waals surface area contributed by atoms with Crippen LogP contribution in [0, 0.1) is 23.2 Å². The first-order chi connectivity index (χ1) is 12.1.